The molecule has 7 nitrogen and oxygen atoms in total. The largest absolute Gasteiger partial charge is 0.371 e. The van der Waals surface area contributed by atoms with Crippen LogP contribution in [0.25, 0.3) is 0 Å². The van der Waals surface area contributed by atoms with Gasteiger partial charge < -0.3 is 15.4 Å². The summed E-state index contributed by atoms with van der Waals surface area (Å²) in [5.41, 5.74) is 1.37. The second-order valence-corrected chi connectivity index (χ2v) is 6.01. The Labute approximate surface area is 149 Å². The molecular formula is C18H18FN3O4. The van der Waals surface area contributed by atoms with Crippen molar-refractivity contribution in [2.24, 2.45) is 0 Å². The number of morpholine rings is 1. The molecule has 0 bridgehead atoms. The monoisotopic (exact) mass is 359 g/mol. The van der Waals surface area contributed by atoms with Crippen LogP contribution in [0.2, 0.25) is 0 Å². The van der Waals surface area contributed by atoms with E-state index in [1.165, 1.54) is 18.2 Å². The zero-order chi connectivity index (χ0) is 18.7. The van der Waals surface area contributed by atoms with Crippen LogP contribution >= 0.6 is 0 Å². The molecule has 8 heteroatoms. The normalized spacial score (nSPS) is 16.9. The molecule has 0 aromatic heterocycles. The molecule has 0 saturated carbocycles. The lowest BCUT2D eigenvalue weighted by Gasteiger charge is -2.25. The fourth-order valence-corrected chi connectivity index (χ4v) is 2.85. The van der Waals surface area contributed by atoms with Crippen molar-refractivity contribution < 1.29 is 18.8 Å². The summed E-state index contributed by atoms with van der Waals surface area (Å²) in [6.07, 6.45) is -0.363. The van der Waals surface area contributed by atoms with E-state index in [4.69, 9.17) is 4.74 Å². The van der Waals surface area contributed by atoms with Crippen LogP contribution in [0.1, 0.15) is 27.6 Å². The molecule has 1 unspecified atom stereocenters. The third-order valence-corrected chi connectivity index (χ3v) is 4.20. The van der Waals surface area contributed by atoms with Crippen molar-refractivity contribution in [3.8, 4) is 0 Å². The van der Waals surface area contributed by atoms with Crippen LogP contribution in [0.4, 0.5) is 15.8 Å². The number of hydrogen-bond donors (Lipinski definition) is 2. The highest BCUT2D eigenvalue weighted by Crippen LogP contribution is 2.26. The second kappa shape index (κ2) is 7.59. The number of nitro groups is 1. The molecule has 0 aliphatic carbocycles. The maximum absolute atomic E-state index is 13.7. The van der Waals surface area contributed by atoms with Crippen LogP contribution in [-0.2, 0) is 4.74 Å². The minimum Gasteiger partial charge on any atom is -0.371 e. The van der Waals surface area contributed by atoms with E-state index >= 15 is 0 Å². The fraction of sp³-hybridized carbons (Fsp3) is 0.278. The average Bonchev–Trinajstić information content (AvgIpc) is 2.63. The molecule has 0 radical (unpaired) electrons. The Morgan fingerprint density at radius 1 is 1.35 bits per heavy atom. The van der Waals surface area contributed by atoms with E-state index in [-0.39, 0.29) is 23.0 Å². The van der Waals surface area contributed by atoms with E-state index < -0.39 is 16.6 Å². The molecule has 0 spiro atoms. The number of nitro benzene ring substituents is 1. The summed E-state index contributed by atoms with van der Waals surface area (Å²) in [7, 11) is 0. The minimum atomic E-state index is -0.549. The predicted molar refractivity (Wildman–Crippen MR) is 93.7 cm³/mol. The summed E-state index contributed by atoms with van der Waals surface area (Å²) >= 11 is 0. The highest BCUT2D eigenvalue weighted by atomic mass is 19.1. The fourth-order valence-electron chi connectivity index (χ4n) is 2.85. The van der Waals surface area contributed by atoms with Crippen LogP contribution in [0.3, 0.4) is 0 Å². The van der Waals surface area contributed by atoms with Crippen molar-refractivity contribution in [1.29, 1.82) is 0 Å². The topological polar surface area (TPSA) is 93.5 Å². The number of halogens is 1. The summed E-state index contributed by atoms with van der Waals surface area (Å²) in [4.78, 5) is 23.2. The Morgan fingerprint density at radius 2 is 2.15 bits per heavy atom. The van der Waals surface area contributed by atoms with Gasteiger partial charge in [0.15, 0.2) is 0 Å². The molecule has 2 N–H and O–H groups in total. The van der Waals surface area contributed by atoms with Gasteiger partial charge in [0.2, 0.25) is 0 Å². The molecule has 1 amide bonds. The minimum absolute atomic E-state index is 0.0953. The van der Waals surface area contributed by atoms with Gasteiger partial charge in [-0.25, -0.2) is 4.39 Å². The molecule has 136 valence electrons. The summed E-state index contributed by atoms with van der Waals surface area (Å²) in [5, 5.41) is 16.8. The number of carbonyl (C=O) groups excluding carboxylic acids is 1. The molecule has 26 heavy (non-hydrogen) atoms. The first-order valence-corrected chi connectivity index (χ1v) is 8.14. The van der Waals surface area contributed by atoms with Crippen molar-refractivity contribution in [3.63, 3.8) is 0 Å². The highest BCUT2D eigenvalue weighted by Gasteiger charge is 2.23. The first-order chi connectivity index (χ1) is 12.5. The van der Waals surface area contributed by atoms with Crippen LogP contribution < -0.4 is 10.6 Å². The van der Waals surface area contributed by atoms with Crippen molar-refractivity contribution >= 4 is 17.3 Å². The molecule has 2 aromatic carbocycles. The van der Waals surface area contributed by atoms with E-state index in [0.717, 1.165) is 6.07 Å². The standard InChI is InChI=1S/C18H18FN3O4/c1-11-2-4-13(9-16(11)22(24)25)21-18(23)15-8-12(19)3-5-14(15)17-10-20-6-7-26-17/h2-5,8-9,17,20H,6-7,10H2,1H3,(H,21,23). The van der Waals surface area contributed by atoms with Gasteiger partial charge >= 0.3 is 0 Å². The van der Waals surface area contributed by atoms with Gasteiger partial charge in [-0.3, -0.25) is 14.9 Å². The Balaban J connectivity index is 1.89. The average molecular weight is 359 g/mol. The molecule has 3 rings (SSSR count). The Hall–Kier alpha value is -2.84. The zero-order valence-electron chi connectivity index (χ0n) is 14.1. The van der Waals surface area contributed by atoms with Crippen molar-refractivity contribution in [2.75, 3.05) is 25.0 Å². The third kappa shape index (κ3) is 3.87. The smallest absolute Gasteiger partial charge is 0.274 e. The number of rotatable bonds is 4. The molecule has 1 aliphatic rings. The van der Waals surface area contributed by atoms with Gasteiger partial charge in [-0.05, 0) is 30.7 Å². The highest BCUT2D eigenvalue weighted by molar-refractivity contribution is 6.05. The van der Waals surface area contributed by atoms with Gasteiger partial charge in [0.05, 0.1) is 17.6 Å². The first-order valence-electron chi connectivity index (χ1n) is 8.14. The van der Waals surface area contributed by atoms with Crippen molar-refractivity contribution in [1.82, 2.24) is 5.32 Å². The van der Waals surface area contributed by atoms with Gasteiger partial charge in [-0.1, -0.05) is 12.1 Å². The summed E-state index contributed by atoms with van der Waals surface area (Å²) in [6, 6.07) is 8.35. The zero-order valence-corrected chi connectivity index (χ0v) is 14.1. The molecule has 2 aromatic rings. The number of benzene rings is 2. The number of aryl methyl sites for hydroxylation is 1. The molecule has 1 fully saturated rings. The summed E-state index contributed by atoms with van der Waals surface area (Å²) < 4.78 is 19.4. The number of nitrogens with zero attached hydrogens (tertiary/aromatic N) is 1. The van der Waals surface area contributed by atoms with Crippen LogP contribution in [0, 0.1) is 22.9 Å². The Bertz CT molecular complexity index is 850. The molecular weight excluding hydrogens is 341 g/mol. The lowest BCUT2D eigenvalue weighted by molar-refractivity contribution is -0.385. The van der Waals surface area contributed by atoms with Crippen molar-refractivity contribution in [3.05, 3.63) is 69.0 Å². The predicted octanol–water partition coefficient (Wildman–Crippen LogP) is 2.96. The van der Waals surface area contributed by atoms with E-state index in [1.807, 2.05) is 0 Å². The van der Waals surface area contributed by atoms with E-state index in [9.17, 15) is 19.3 Å². The number of carbonyl (C=O) groups is 1. The summed E-state index contributed by atoms with van der Waals surface area (Å²) in [5.74, 6) is -1.09. The van der Waals surface area contributed by atoms with Crippen LogP contribution in [0.5, 0.6) is 0 Å². The number of hydrogen-bond acceptors (Lipinski definition) is 5. The number of anilines is 1. The van der Waals surface area contributed by atoms with E-state index in [0.29, 0.717) is 30.8 Å². The van der Waals surface area contributed by atoms with Crippen molar-refractivity contribution in [2.45, 2.75) is 13.0 Å². The molecule has 1 heterocycles. The first kappa shape index (κ1) is 18.0. The SMILES string of the molecule is Cc1ccc(NC(=O)c2cc(F)ccc2C2CNCCO2)cc1[N+](=O)[O-]. The number of ether oxygens (including phenoxy) is 1. The molecule has 1 atom stereocenters. The number of amides is 1. The van der Waals surface area contributed by atoms with E-state index in [2.05, 4.69) is 10.6 Å². The number of nitrogens with one attached hydrogen (secondary N) is 2. The Morgan fingerprint density at radius 3 is 2.85 bits per heavy atom. The molecule has 1 saturated heterocycles. The van der Waals surface area contributed by atoms with Gasteiger partial charge in [0, 0.05) is 36.0 Å². The Kier molecular flexibility index (Phi) is 5.24. The maximum atomic E-state index is 13.7. The summed E-state index contributed by atoms with van der Waals surface area (Å²) in [6.45, 7) is 3.34. The third-order valence-electron chi connectivity index (χ3n) is 4.20. The van der Waals surface area contributed by atoms with Gasteiger partial charge in [-0.2, -0.15) is 0 Å². The quantitative estimate of drug-likeness (QED) is 0.647. The lowest BCUT2D eigenvalue weighted by atomic mass is 10.0. The second-order valence-electron chi connectivity index (χ2n) is 6.01. The van der Waals surface area contributed by atoms with E-state index in [1.54, 1.807) is 19.1 Å². The lowest BCUT2D eigenvalue weighted by Crippen LogP contribution is -2.34. The van der Waals surface area contributed by atoms with Gasteiger partial charge in [0.25, 0.3) is 11.6 Å². The van der Waals surface area contributed by atoms with Gasteiger partial charge in [-0.15, -0.1) is 0 Å². The molecule has 1 aliphatic heterocycles. The van der Waals surface area contributed by atoms with Crippen LogP contribution in [0.15, 0.2) is 36.4 Å². The maximum Gasteiger partial charge on any atom is 0.274 e. The van der Waals surface area contributed by atoms with Crippen LogP contribution in [-0.4, -0.2) is 30.5 Å². The van der Waals surface area contributed by atoms with Gasteiger partial charge in [0.1, 0.15) is 5.82 Å².